The summed E-state index contributed by atoms with van der Waals surface area (Å²) in [5.74, 6) is -0.920. The Bertz CT molecular complexity index is 968. The van der Waals surface area contributed by atoms with Crippen molar-refractivity contribution in [2.75, 3.05) is 13.2 Å². The van der Waals surface area contributed by atoms with Gasteiger partial charge in [-0.25, -0.2) is 4.57 Å². The van der Waals surface area contributed by atoms with Gasteiger partial charge in [0.15, 0.2) is 6.10 Å². The van der Waals surface area contributed by atoms with E-state index in [-0.39, 0.29) is 19.4 Å². The van der Waals surface area contributed by atoms with Crippen LogP contribution in [0.3, 0.4) is 0 Å². The number of esters is 2. The molecular weight excluding hydrogens is 663 g/mol. The van der Waals surface area contributed by atoms with Gasteiger partial charge in [0.1, 0.15) is 6.61 Å². The van der Waals surface area contributed by atoms with Crippen LogP contribution >= 0.6 is 7.82 Å². The molecule has 0 rings (SSSR count). The number of hydrogen-bond acceptors (Lipinski definition) is 6. The Hall–Kier alpha value is -1.99. The molecule has 0 saturated carbocycles. The first-order valence-corrected chi connectivity index (χ1v) is 22.0. The zero-order valence-corrected chi connectivity index (χ0v) is 33.4. The number of rotatable bonds is 37. The smallest absolute Gasteiger partial charge is 0.462 e. The number of unbranched alkanes of at least 4 members (excludes halogenated alkanes) is 19. The van der Waals surface area contributed by atoms with Crippen molar-refractivity contribution in [3.05, 3.63) is 48.6 Å². The van der Waals surface area contributed by atoms with E-state index in [9.17, 15) is 14.2 Å². The van der Waals surface area contributed by atoms with Gasteiger partial charge in [0.2, 0.25) is 0 Å². The van der Waals surface area contributed by atoms with Crippen molar-refractivity contribution < 1.29 is 37.9 Å². The molecule has 0 aromatic heterocycles. The summed E-state index contributed by atoms with van der Waals surface area (Å²) in [5.41, 5.74) is 0. The van der Waals surface area contributed by atoms with E-state index >= 15 is 0 Å². The van der Waals surface area contributed by atoms with Crippen molar-refractivity contribution in [1.82, 2.24) is 0 Å². The van der Waals surface area contributed by atoms with Crippen LogP contribution in [0, 0.1) is 0 Å². The molecule has 0 bridgehead atoms. The van der Waals surface area contributed by atoms with Crippen LogP contribution in [-0.4, -0.2) is 41.0 Å². The second kappa shape index (κ2) is 37.8. The van der Waals surface area contributed by atoms with E-state index in [1.165, 1.54) is 77.0 Å². The summed E-state index contributed by atoms with van der Waals surface area (Å²) in [6, 6.07) is 0. The topological polar surface area (TPSA) is 119 Å². The van der Waals surface area contributed by atoms with Crippen molar-refractivity contribution >= 4 is 19.8 Å². The first kappa shape index (κ1) is 49.0. The van der Waals surface area contributed by atoms with E-state index in [1.54, 1.807) is 0 Å². The van der Waals surface area contributed by atoms with Crippen molar-refractivity contribution in [3.8, 4) is 0 Å². The van der Waals surface area contributed by atoms with Gasteiger partial charge in [0, 0.05) is 12.8 Å². The van der Waals surface area contributed by atoms with Crippen LogP contribution in [0.5, 0.6) is 0 Å². The predicted molar refractivity (Wildman–Crippen MR) is 211 cm³/mol. The zero-order chi connectivity index (χ0) is 37.5. The maximum absolute atomic E-state index is 12.4. The molecule has 0 amide bonds. The van der Waals surface area contributed by atoms with E-state index in [2.05, 4.69) is 67.0 Å². The van der Waals surface area contributed by atoms with E-state index in [0.717, 1.165) is 70.6 Å². The van der Waals surface area contributed by atoms with Gasteiger partial charge in [-0.15, -0.1) is 0 Å². The number of ether oxygens (including phenoxy) is 2. The van der Waals surface area contributed by atoms with Crippen LogP contribution < -0.4 is 0 Å². The Morgan fingerprint density at radius 2 is 0.882 bits per heavy atom. The third-order valence-electron chi connectivity index (χ3n) is 8.57. The number of allylic oxidation sites excluding steroid dienone is 8. The van der Waals surface area contributed by atoms with E-state index in [4.69, 9.17) is 19.3 Å². The Labute approximate surface area is 312 Å². The molecule has 1 atom stereocenters. The summed E-state index contributed by atoms with van der Waals surface area (Å²) in [7, 11) is -4.76. The molecule has 0 radical (unpaired) electrons. The fourth-order valence-electron chi connectivity index (χ4n) is 5.49. The Kier molecular flexibility index (Phi) is 36.3. The predicted octanol–water partition coefficient (Wildman–Crippen LogP) is 12.3. The quantitative estimate of drug-likeness (QED) is 0.0280. The fourth-order valence-corrected chi connectivity index (χ4v) is 5.85. The summed E-state index contributed by atoms with van der Waals surface area (Å²) >= 11 is 0. The van der Waals surface area contributed by atoms with Gasteiger partial charge in [0.25, 0.3) is 0 Å². The lowest BCUT2D eigenvalue weighted by Crippen LogP contribution is -2.29. The second-order valence-electron chi connectivity index (χ2n) is 13.6. The molecule has 0 spiro atoms. The molecule has 0 unspecified atom stereocenters. The minimum atomic E-state index is -4.76. The molecule has 9 heteroatoms. The average molecular weight is 739 g/mol. The van der Waals surface area contributed by atoms with Crippen LogP contribution in [-0.2, 0) is 28.2 Å². The molecule has 8 nitrogen and oxygen atoms in total. The molecule has 0 aromatic carbocycles. The zero-order valence-electron chi connectivity index (χ0n) is 32.5. The number of carbonyl (C=O) groups is 2. The molecule has 0 aliphatic rings. The molecule has 2 N–H and O–H groups in total. The van der Waals surface area contributed by atoms with Crippen molar-refractivity contribution in [1.29, 1.82) is 0 Å². The van der Waals surface area contributed by atoms with Gasteiger partial charge in [-0.05, 0) is 77.0 Å². The van der Waals surface area contributed by atoms with Crippen LogP contribution in [0.4, 0.5) is 0 Å². The summed E-state index contributed by atoms with van der Waals surface area (Å²) < 4.78 is 26.3. The molecule has 51 heavy (non-hydrogen) atoms. The minimum absolute atomic E-state index is 0.184. The third-order valence-corrected chi connectivity index (χ3v) is 9.06. The molecule has 296 valence electrons. The lowest BCUT2D eigenvalue weighted by Gasteiger charge is -2.18. The van der Waals surface area contributed by atoms with Gasteiger partial charge in [0.05, 0.1) is 6.61 Å². The van der Waals surface area contributed by atoms with E-state index < -0.39 is 32.5 Å². The third kappa shape index (κ3) is 40.6. The highest BCUT2D eigenvalue weighted by molar-refractivity contribution is 7.46. The van der Waals surface area contributed by atoms with Crippen molar-refractivity contribution in [2.45, 2.75) is 193 Å². The molecule has 0 heterocycles. The minimum Gasteiger partial charge on any atom is -0.462 e. The molecule has 0 aliphatic heterocycles. The lowest BCUT2D eigenvalue weighted by atomic mass is 10.1. The molecule has 0 aliphatic carbocycles. The second-order valence-corrected chi connectivity index (χ2v) is 14.8. The highest BCUT2D eigenvalue weighted by atomic mass is 31.2. The Morgan fingerprint density at radius 1 is 0.510 bits per heavy atom. The number of phosphoric ester groups is 1. The maximum atomic E-state index is 12.4. The summed E-state index contributed by atoms with van der Waals surface area (Å²) in [5, 5.41) is 0. The summed E-state index contributed by atoms with van der Waals surface area (Å²) in [4.78, 5) is 42.8. The van der Waals surface area contributed by atoms with Crippen LogP contribution in [0.15, 0.2) is 48.6 Å². The van der Waals surface area contributed by atoms with Gasteiger partial charge >= 0.3 is 19.8 Å². The van der Waals surface area contributed by atoms with Crippen LogP contribution in [0.1, 0.15) is 187 Å². The molecule has 0 aromatic rings. The summed E-state index contributed by atoms with van der Waals surface area (Å²) in [6.07, 6.45) is 45.4. The highest BCUT2D eigenvalue weighted by Crippen LogP contribution is 2.36. The standard InChI is InChI=1S/C42H75O8P/c1-3-5-7-9-11-13-15-17-19-21-23-25-27-29-31-33-35-37-42(44)50-40(39-49-51(45,46)47)38-48-41(43)36-34-32-30-28-26-24-22-20-18-16-14-12-10-8-6-4-2/h11,13,17,19-20,22-23,25,40H,3-10,12,14-16,18,21,24,26-39H2,1-2H3,(H2,45,46,47)/b13-11-,19-17-,22-20-,25-23-/t40-/m1/s1. The van der Waals surface area contributed by atoms with E-state index in [0.29, 0.717) is 12.8 Å². The fraction of sp³-hybridized carbons (Fsp3) is 0.762. The Balaban J connectivity index is 4.00. The normalized spacial score (nSPS) is 12.9. The monoisotopic (exact) mass is 739 g/mol. The van der Waals surface area contributed by atoms with Gasteiger partial charge in [-0.2, -0.15) is 0 Å². The van der Waals surface area contributed by atoms with E-state index in [1.807, 2.05) is 0 Å². The number of hydrogen-bond donors (Lipinski definition) is 2. The molecular formula is C42H75O8P. The van der Waals surface area contributed by atoms with Gasteiger partial charge in [-0.1, -0.05) is 146 Å². The van der Waals surface area contributed by atoms with Crippen LogP contribution in [0.2, 0.25) is 0 Å². The first-order chi connectivity index (χ1) is 24.8. The molecule has 0 saturated heterocycles. The van der Waals surface area contributed by atoms with Crippen molar-refractivity contribution in [3.63, 3.8) is 0 Å². The number of carbonyl (C=O) groups excluding carboxylic acids is 2. The highest BCUT2D eigenvalue weighted by Gasteiger charge is 2.22. The lowest BCUT2D eigenvalue weighted by molar-refractivity contribution is -0.161. The van der Waals surface area contributed by atoms with Gasteiger partial charge in [-0.3, -0.25) is 14.1 Å². The molecule has 0 fully saturated rings. The van der Waals surface area contributed by atoms with Gasteiger partial charge < -0.3 is 19.3 Å². The first-order valence-electron chi connectivity index (χ1n) is 20.4. The number of phosphoric acid groups is 1. The largest absolute Gasteiger partial charge is 0.469 e. The Morgan fingerprint density at radius 3 is 1.37 bits per heavy atom. The summed E-state index contributed by atoms with van der Waals surface area (Å²) in [6.45, 7) is 3.63. The average Bonchev–Trinajstić information content (AvgIpc) is 3.10. The maximum Gasteiger partial charge on any atom is 0.469 e. The van der Waals surface area contributed by atoms with Crippen molar-refractivity contribution in [2.24, 2.45) is 0 Å². The van der Waals surface area contributed by atoms with Crippen LogP contribution in [0.25, 0.3) is 0 Å². The SMILES string of the molecule is CCCCC/C=C\C/C=C\C/C=C\CCCCCCC(=O)O[C@H](COC(=O)CCCCCCC/C=C\CCCCCCCCC)COP(=O)(O)O.